The van der Waals surface area contributed by atoms with Gasteiger partial charge in [0.05, 0.1) is 5.56 Å². The zero-order valence-electron chi connectivity index (χ0n) is 17.4. The highest BCUT2D eigenvalue weighted by Gasteiger charge is 2.31. The normalized spacial score (nSPS) is 17.2. The lowest BCUT2D eigenvalue weighted by Crippen LogP contribution is -2.44. The van der Waals surface area contributed by atoms with E-state index in [0.717, 1.165) is 68.8 Å². The van der Waals surface area contributed by atoms with Crippen molar-refractivity contribution in [2.45, 2.75) is 51.2 Å². The Labute approximate surface area is 175 Å². The molecule has 1 aromatic carbocycles. The Morgan fingerprint density at radius 2 is 2.00 bits per heavy atom. The number of benzene rings is 1. The number of nitrogens with one attached hydrogen (secondary N) is 2. The maximum absolute atomic E-state index is 13.1. The van der Waals surface area contributed by atoms with Gasteiger partial charge < -0.3 is 21.3 Å². The van der Waals surface area contributed by atoms with Gasteiger partial charge in [0.1, 0.15) is 5.82 Å². The van der Waals surface area contributed by atoms with Crippen molar-refractivity contribution in [3.8, 4) is 0 Å². The van der Waals surface area contributed by atoms with Crippen molar-refractivity contribution in [2.75, 3.05) is 36.1 Å². The van der Waals surface area contributed by atoms with Gasteiger partial charge in [-0.25, -0.2) is 4.98 Å². The van der Waals surface area contributed by atoms with Crippen molar-refractivity contribution in [2.24, 2.45) is 0 Å². The molecule has 9 heteroatoms. The second-order valence-corrected chi connectivity index (χ2v) is 7.68. The number of likely N-dealkylation sites (N-methyl/N-ethyl adjacent to an activating group) is 1. The molecule has 0 radical (unpaired) electrons. The van der Waals surface area contributed by atoms with E-state index in [1.807, 2.05) is 13.1 Å². The highest BCUT2D eigenvalue weighted by atomic mass is 19.4. The molecule has 30 heavy (non-hydrogen) atoms. The minimum absolute atomic E-state index is 0.0302. The first-order valence-corrected chi connectivity index (χ1v) is 10.3. The van der Waals surface area contributed by atoms with Gasteiger partial charge in [0.15, 0.2) is 0 Å². The number of alkyl halides is 3. The lowest BCUT2D eigenvalue weighted by molar-refractivity contribution is -0.137. The van der Waals surface area contributed by atoms with E-state index in [-0.39, 0.29) is 17.3 Å². The Morgan fingerprint density at radius 1 is 1.20 bits per heavy atom. The van der Waals surface area contributed by atoms with E-state index in [0.29, 0.717) is 6.04 Å². The molecule has 0 bridgehead atoms. The maximum Gasteiger partial charge on any atom is 0.416 e. The first kappa shape index (κ1) is 22.1. The molecule has 1 unspecified atom stereocenters. The molecule has 1 aliphatic heterocycles. The molecular weight excluding hydrogens is 393 g/mol. The molecule has 2 aromatic rings. The van der Waals surface area contributed by atoms with Crippen LogP contribution < -0.4 is 21.3 Å². The number of nitrogens with zero attached hydrogens (tertiary/aromatic N) is 3. The minimum atomic E-state index is -4.48. The Bertz CT molecular complexity index is 855. The number of hydrogen-bond donors (Lipinski definition) is 3. The third-order valence-corrected chi connectivity index (χ3v) is 5.24. The average Bonchev–Trinajstić information content (AvgIpc) is 2.71. The van der Waals surface area contributed by atoms with Crippen molar-refractivity contribution in [3.05, 3.63) is 35.5 Å². The Balaban J connectivity index is 1.91. The summed E-state index contributed by atoms with van der Waals surface area (Å²) in [6.07, 6.45) is 0.469. The molecule has 2 heterocycles. The van der Waals surface area contributed by atoms with Gasteiger partial charge in [-0.05, 0) is 50.9 Å². The summed E-state index contributed by atoms with van der Waals surface area (Å²) in [7, 11) is 1.95. The zero-order chi connectivity index (χ0) is 21.7. The molecule has 1 aromatic heterocycles. The fraction of sp³-hybridized carbons (Fsp3) is 0.524. The van der Waals surface area contributed by atoms with E-state index in [1.54, 1.807) is 0 Å². The first-order valence-electron chi connectivity index (χ1n) is 10.3. The number of anilines is 4. The number of rotatable bonds is 7. The van der Waals surface area contributed by atoms with E-state index in [9.17, 15) is 13.2 Å². The van der Waals surface area contributed by atoms with E-state index >= 15 is 0 Å². The Kier molecular flexibility index (Phi) is 7.02. The van der Waals surface area contributed by atoms with Crippen LogP contribution in [0.15, 0.2) is 24.3 Å². The number of hydrogen-bond acceptors (Lipinski definition) is 6. The largest absolute Gasteiger partial charge is 0.416 e. The van der Waals surface area contributed by atoms with E-state index < -0.39 is 11.7 Å². The summed E-state index contributed by atoms with van der Waals surface area (Å²) in [5.41, 5.74) is 6.00. The predicted molar refractivity (Wildman–Crippen MR) is 114 cm³/mol. The maximum atomic E-state index is 13.1. The van der Waals surface area contributed by atoms with Crippen LogP contribution in [0.2, 0.25) is 0 Å². The number of nitrogen functional groups attached to an aromatic ring is 1. The smallest absolute Gasteiger partial charge is 0.399 e. The Morgan fingerprint density at radius 3 is 2.70 bits per heavy atom. The second-order valence-electron chi connectivity index (χ2n) is 7.68. The SMILES string of the molecule is CCCCc1cc(N2CCCC(NC)C2)nc(Nc2cc(N)cc(C(F)(F)F)c2)n1. The fourth-order valence-electron chi connectivity index (χ4n) is 3.62. The third kappa shape index (κ3) is 5.75. The van der Waals surface area contributed by atoms with Crippen LogP contribution in [0.1, 0.15) is 43.9 Å². The lowest BCUT2D eigenvalue weighted by Gasteiger charge is -2.33. The topological polar surface area (TPSA) is 79.1 Å². The number of nitrogens with two attached hydrogens (primary N) is 1. The number of aryl methyl sites for hydroxylation is 1. The summed E-state index contributed by atoms with van der Waals surface area (Å²) in [6.45, 7) is 3.82. The average molecular weight is 422 g/mol. The monoisotopic (exact) mass is 422 g/mol. The highest BCUT2D eigenvalue weighted by Crippen LogP contribution is 2.33. The summed E-state index contributed by atoms with van der Waals surface area (Å²) < 4.78 is 39.4. The molecule has 1 fully saturated rings. The summed E-state index contributed by atoms with van der Waals surface area (Å²) in [5, 5.41) is 6.25. The van der Waals surface area contributed by atoms with Crippen molar-refractivity contribution in [3.63, 3.8) is 0 Å². The molecule has 0 amide bonds. The summed E-state index contributed by atoms with van der Waals surface area (Å²) >= 11 is 0. The fourth-order valence-corrected chi connectivity index (χ4v) is 3.62. The lowest BCUT2D eigenvalue weighted by atomic mass is 10.1. The van der Waals surface area contributed by atoms with E-state index in [4.69, 9.17) is 5.73 Å². The number of piperidine rings is 1. The predicted octanol–water partition coefficient (Wildman–Crippen LogP) is 4.35. The van der Waals surface area contributed by atoms with Crippen molar-refractivity contribution < 1.29 is 13.2 Å². The molecule has 164 valence electrons. The molecule has 3 rings (SSSR count). The van der Waals surface area contributed by atoms with Gasteiger partial charge in [-0.15, -0.1) is 0 Å². The van der Waals surface area contributed by atoms with Gasteiger partial charge in [-0.3, -0.25) is 0 Å². The molecule has 0 saturated carbocycles. The number of unbranched alkanes of at least 4 members (excludes halogenated alkanes) is 1. The van der Waals surface area contributed by atoms with Crippen LogP contribution in [0.4, 0.5) is 36.3 Å². The number of halogens is 3. The number of aromatic nitrogens is 2. The van der Waals surface area contributed by atoms with Gasteiger partial charge in [0.2, 0.25) is 5.95 Å². The molecule has 0 spiro atoms. The standard InChI is InChI=1S/C21H29F3N6/c1-3-4-6-16-12-19(30-8-5-7-17(13-30)26-2)29-20(27-16)28-18-10-14(21(22,23)24)9-15(25)11-18/h9-12,17,26H,3-8,13,25H2,1-2H3,(H,27,28,29). The summed E-state index contributed by atoms with van der Waals surface area (Å²) in [5.74, 6) is 1.07. The molecule has 1 atom stereocenters. The highest BCUT2D eigenvalue weighted by molar-refractivity contribution is 5.63. The molecule has 1 aliphatic rings. The van der Waals surface area contributed by atoms with Crippen molar-refractivity contribution >= 4 is 23.1 Å². The summed E-state index contributed by atoms with van der Waals surface area (Å²) in [6, 6.07) is 5.76. The zero-order valence-corrected chi connectivity index (χ0v) is 17.4. The molecule has 6 nitrogen and oxygen atoms in total. The van der Waals surface area contributed by atoms with Crippen LogP contribution in [0.25, 0.3) is 0 Å². The van der Waals surface area contributed by atoms with Gasteiger partial charge >= 0.3 is 6.18 Å². The van der Waals surface area contributed by atoms with Gasteiger partial charge in [0, 0.05) is 42.3 Å². The quantitative estimate of drug-likeness (QED) is 0.576. The second kappa shape index (κ2) is 9.51. The van der Waals surface area contributed by atoms with Gasteiger partial charge in [-0.2, -0.15) is 18.2 Å². The molecule has 1 saturated heterocycles. The van der Waals surface area contributed by atoms with Crippen LogP contribution in [0.3, 0.4) is 0 Å². The van der Waals surface area contributed by atoms with Gasteiger partial charge in [-0.1, -0.05) is 13.3 Å². The van der Waals surface area contributed by atoms with Crippen molar-refractivity contribution in [1.82, 2.24) is 15.3 Å². The van der Waals surface area contributed by atoms with Gasteiger partial charge in [0.25, 0.3) is 0 Å². The van der Waals surface area contributed by atoms with Crippen LogP contribution in [0, 0.1) is 0 Å². The van der Waals surface area contributed by atoms with Crippen molar-refractivity contribution in [1.29, 1.82) is 0 Å². The van der Waals surface area contributed by atoms with E-state index in [2.05, 4.69) is 32.4 Å². The summed E-state index contributed by atoms with van der Waals surface area (Å²) in [4.78, 5) is 11.3. The van der Waals surface area contributed by atoms with Crippen LogP contribution in [-0.4, -0.2) is 36.1 Å². The first-order chi connectivity index (χ1) is 14.3. The van der Waals surface area contributed by atoms with Crippen LogP contribution in [-0.2, 0) is 12.6 Å². The van der Waals surface area contributed by atoms with Crippen LogP contribution >= 0.6 is 0 Å². The van der Waals surface area contributed by atoms with Crippen LogP contribution in [0.5, 0.6) is 0 Å². The third-order valence-electron chi connectivity index (χ3n) is 5.24. The minimum Gasteiger partial charge on any atom is -0.399 e. The molecular formula is C21H29F3N6. The van der Waals surface area contributed by atoms with E-state index in [1.165, 1.54) is 6.07 Å². The Hall–Kier alpha value is -2.55. The molecule has 4 N–H and O–H groups in total. The molecule has 0 aliphatic carbocycles.